The smallest absolute Gasteiger partial charge is 0.258 e. The largest absolute Gasteiger partial charge is 0.324 e. The summed E-state index contributed by atoms with van der Waals surface area (Å²) in [6, 6.07) is 10.1. The molecular formula is C17H11ClF2N4O. The molecule has 0 radical (unpaired) electrons. The summed E-state index contributed by atoms with van der Waals surface area (Å²) in [5.41, 5.74) is 0.998. The number of halogens is 3. The predicted octanol–water partition coefficient (Wildman–Crippen LogP) is 4.40. The van der Waals surface area contributed by atoms with Gasteiger partial charge in [-0.05, 0) is 30.3 Å². The number of rotatable bonds is 4. The summed E-state index contributed by atoms with van der Waals surface area (Å²) in [6.45, 7) is 0. The van der Waals surface area contributed by atoms with E-state index in [0.717, 1.165) is 12.1 Å². The minimum absolute atomic E-state index is 0.130. The topological polar surface area (TPSA) is 66.9 Å². The van der Waals surface area contributed by atoms with Crippen molar-refractivity contribution >= 4 is 34.8 Å². The third kappa shape index (κ3) is 4.27. The first kappa shape index (κ1) is 16.8. The van der Waals surface area contributed by atoms with Gasteiger partial charge in [0.2, 0.25) is 5.95 Å². The monoisotopic (exact) mass is 360 g/mol. The van der Waals surface area contributed by atoms with Crippen LogP contribution in [0.5, 0.6) is 0 Å². The molecule has 2 N–H and O–H groups in total. The van der Waals surface area contributed by atoms with Crippen molar-refractivity contribution in [2.24, 2.45) is 0 Å². The number of anilines is 3. The molecule has 3 aromatic rings. The van der Waals surface area contributed by atoms with Crippen molar-refractivity contribution in [1.29, 1.82) is 0 Å². The van der Waals surface area contributed by atoms with E-state index in [4.69, 9.17) is 11.6 Å². The predicted molar refractivity (Wildman–Crippen MR) is 91.1 cm³/mol. The standard InChI is InChI=1S/C17H11ClF2N4O/c18-11-2-1-3-12(6-11)24-17-21-8-10(9-22-17)16(25)23-13-4-5-14(19)15(20)7-13/h1-9H,(H,23,25)(H,21,22,24). The fraction of sp³-hybridized carbons (Fsp3) is 0. The summed E-state index contributed by atoms with van der Waals surface area (Å²) >= 11 is 5.89. The molecule has 0 aliphatic heterocycles. The van der Waals surface area contributed by atoms with Crippen LogP contribution in [0.25, 0.3) is 0 Å². The van der Waals surface area contributed by atoms with Gasteiger partial charge in [0.15, 0.2) is 11.6 Å². The van der Waals surface area contributed by atoms with Crippen molar-refractivity contribution in [2.75, 3.05) is 10.6 Å². The molecule has 0 bridgehead atoms. The molecule has 0 saturated carbocycles. The second-order valence-electron chi connectivity index (χ2n) is 5.01. The van der Waals surface area contributed by atoms with Gasteiger partial charge in [0, 0.05) is 34.9 Å². The number of carbonyl (C=O) groups is 1. The molecule has 1 amide bonds. The van der Waals surface area contributed by atoms with Crippen molar-refractivity contribution < 1.29 is 13.6 Å². The number of nitrogens with zero attached hydrogens (tertiary/aromatic N) is 2. The molecule has 1 aromatic heterocycles. The van der Waals surface area contributed by atoms with Gasteiger partial charge >= 0.3 is 0 Å². The molecule has 126 valence electrons. The summed E-state index contributed by atoms with van der Waals surface area (Å²) in [5, 5.41) is 5.95. The van der Waals surface area contributed by atoms with Crippen LogP contribution in [-0.4, -0.2) is 15.9 Å². The quantitative estimate of drug-likeness (QED) is 0.723. The Morgan fingerprint density at radius 1 is 0.960 bits per heavy atom. The lowest BCUT2D eigenvalue weighted by Gasteiger charge is -2.07. The minimum atomic E-state index is -1.05. The Bertz CT molecular complexity index is 919. The highest BCUT2D eigenvalue weighted by atomic mass is 35.5. The first-order valence-electron chi connectivity index (χ1n) is 7.12. The number of carbonyl (C=O) groups excluding carboxylic acids is 1. The highest BCUT2D eigenvalue weighted by molar-refractivity contribution is 6.30. The van der Waals surface area contributed by atoms with Gasteiger partial charge in [-0.15, -0.1) is 0 Å². The lowest BCUT2D eigenvalue weighted by atomic mass is 10.2. The summed E-state index contributed by atoms with van der Waals surface area (Å²) < 4.78 is 26.0. The Balaban J connectivity index is 1.68. The maximum absolute atomic E-state index is 13.2. The van der Waals surface area contributed by atoms with Crippen molar-refractivity contribution in [2.45, 2.75) is 0 Å². The molecular weight excluding hydrogens is 350 g/mol. The Morgan fingerprint density at radius 3 is 2.40 bits per heavy atom. The minimum Gasteiger partial charge on any atom is -0.324 e. The van der Waals surface area contributed by atoms with Crippen molar-refractivity contribution in [3.63, 3.8) is 0 Å². The zero-order valence-electron chi connectivity index (χ0n) is 12.6. The van der Waals surface area contributed by atoms with Gasteiger partial charge in [-0.3, -0.25) is 4.79 Å². The molecule has 2 aromatic carbocycles. The second kappa shape index (κ2) is 7.23. The molecule has 0 spiro atoms. The van der Waals surface area contributed by atoms with Gasteiger partial charge in [0.05, 0.1) is 5.56 Å². The van der Waals surface area contributed by atoms with E-state index in [2.05, 4.69) is 20.6 Å². The van der Waals surface area contributed by atoms with Crippen LogP contribution in [-0.2, 0) is 0 Å². The Labute approximate surface area is 146 Å². The lowest BCUT2D eigenvalue weighted by molar-refractivity contribution is 0.102. The first-order valence-corrected chi connectivity index (χ1v) is 7.50. The number of amides is 1. The van der Waals surface area contributed by atoms with Crippen LogP contribution in [0, 0.1) is 11.6 Å². The second-order valence-corrected chi connectivity index (χ2v) is 5.45. The molecule has 0 fully saturated rings. The van der Waals surface area contributed by atoms with Gasteiger partial charge in [0.1, 0.15) is 0 Å². The summed E-state index contributed by atoms with van der Waals surface area (Å²) in [4.78, 5) is 20.2. The maximum Gasteiger partial charge on any atom is 0.258 e. The molecule has 0 unspecified atom stereocenters. The van der Waals surface area contributed by atoms with Crippen LogP contribution in [0.3, 0.4) is 0 Å². The maximum atomic E-state index is 13.2. The van der Waals surface area contributed by atoms with Crippen molar-refractivity contribution in [3.05, 3.63) is 77.1 Å². The normalized spacial score (nSPS) is 10.4. The highest BCUT2D eigenvalue weighted by Crippen LogP contribution is 2.18. The van der Waals surface area contributed by atoms with E-state index in [-0.39, 0.29) is 17.2 Å². The Kier molecular flexibility index (Phi) is 4.85. The average molecular weight is 361 g/mol. The van der Waals surface area contributed by atoms with Crippen LogP contribution < -0.4 is 10.6 Å². The van der Waals surface area contributed by atoms with E-state index in [0.29, 0.717) is 10.7 Å². The molecule has 5 nitrogen and oxygen atoms in total. The van der Waals surface area contributed by atoms with E-state index >= 15 is 0 Å². The number of aromatic nitrogens is 2. The molecule has 1 heterocycles. The zero-order valence-corrected chi connectivity index (χ0v) is 13.4. The number of benzene rings is 2. The summed E-state index contributed by atoms with van der Waals surface area (Å²) in [5.74, 6) is -2.29. The zero-order chi connectivity index (χ0) is 17.8. The molecule has 25 heavy (non-hydrogen) atoms. The fourth-order valence-electron chi connectivity index (χ4n) is 1.98. The van der Waals surface area contributed by atoms with Gasteiger partial charge in [0.25, 0.3) is 5.91 Å². The molecule has 0 saturated heterocycles. The molecule has 0 aliphatic carbocycles. The first-order chi connectivity index (χ1) is 12.0. The van der Waals surface area contributed by atoms with E-state index < -0.39 is 17.5 Å². The Hall–Kier alpha value is -3.06. The van der Waals surface area contributed by atoms with Crippen LogP contribution in [0.2, 0.25) is 5.02 Å². The van der Waals surface area contributed by atoms with Crippen molar-refractivity contribution in [3.8, 4) is 0 Å². The van der Waals surface area contributed by atoms with E-state index in [1.807, 2.05) is 0 Å². The molecule has 0 atom stereocenters. The van der Waals surface area contributed by atoms with E-state index in [9.17, 15) is 13.6 Å². The molecule has 3 rings (SSSR count). The van der Waals surface area contributed by atoms with Gasteiger partial charge in [-0.25, -0.2) is 18.7 Å². The molecule has 8 heteroatoms. The van der Waals surface area contributed by atoms with Crippen LogP contribution in [0.4, 0.5) is 26.1 Å². The average Bonchev–Trinajstić information content (AvgIpc) is 2.59. The SMILES string of the molecule is O=C(Nc1ccc(F)c(F)c1)c1cnc(Nc2cccc(Cl)c2)nc1. The fourth-order valence-corrected chi connectivity index (χ4v) is 2.17. The van der Waals surface area contributed by atoms with E-state index in [1.54, 1.807) is 24.3 Å². The van der Waals surface area contributed by atoms with Crippen molar-refractivity contribution in [1.82, 2.24) is 9.97 Å². The van der Waals surface area contributed by atoms with Crippen LogP contribution in [0.15, 0.2) is 54.9 Å². The van der Waals surface area contributed by atoms with Gasteiger partial charge in [-0.2, -0.15) is 0 Å². The lowest BCUT2D eigenvalue weighted by Crippen LogP contribution is -2.13. The highest BCUT2D eigenvalue weighted by Gasteiger charge is 2.10. The van der Waals surface area contributed by atoms with Gasteiger partial charge < -0.3 is 10.6 Å². The third-order valence-corrected chi connectivity index (χ3v) is 3.41. The van der Waals surface area contributed by atoms with Crippen LogP contribution >= 0.6 is 11.6 Å². The third-order valence-electron chi connectivity index (χ3n) is 3.17. The molecule has 0 aliphatic rings. The summed E-state index contributed by atoms with van der Waals surface area (Å²) in [7, 11) is 0. The Morgan fingerprint density at radius 2 is 1.72 bits per heavy atom. The number of hydrogen-bond donors (Lipinski definition) is 2. The van der Waals surface area contributed by atoms with E-state index in [1.165, 1.54) is 18.5 Å². The summed E-state index contributed by atoms with van der Waals surface area (Å²) in [6.07, 6.45) is 2.63. The van der Waals surface area contributed by atoms with Crippen LogP contribution in [0.1, 0.15) is 10.4 Å². The number of nitrogens with one attached hydrogen (secondary N) is 2. The van der Waals surface area contributed by atoms with Gasteiger partial charge in [-0.1, -0.05) is 17.7 Å². The number of hydrogen-bond acceptors (Lipinski definition) is 4.